The molecule has 0 aromatic heterocycles. The predicted octanol–water partition coefficient (Wildman–Crippen LogP) is 4.67. The van der Waals surface area contributed by atoms with Crippen LogP contribution in [0.5, 0.6) is 0 Å². The smallest absolute Gasteiger partial charge is 0.264 e. The zero-order chi connectivity index (χ0) is 24.0. The van der Waals surface area contributed by atoms with Crippen molar-refractivity contribution in [1.82, 2.24) is 0 Å². The number of carbonyl (C=O) groups excluding carboxylic acids is 1. The first kappa shape index (κ1) is 32.5. The van der Waals surface area contributed by atoms with Crippen molar-refractivity contribution in [3.63, 3.8) is 0 Å². The van der Waals surface area contributed by atoms with Crippen molar-refractivity contribution in [3.05, 3.63) is 0 Å². The minimum atomic E-state index is -3.24. The lowest BCUT2D eigenvalue weighted by atomic mass is 10.0. The number of likely N-dealkylation sites (N-methyl/N-ethyl adjacent to an activating group) is 1. The summed E-state index contributed by atoms with van der Waals surface area (Å²) in [5.41, 5.74) is 0. The molecule has 0 aliphatic rings. The highest BCUT2D eigenvalue weighted by Gasteiger charge is 2.04. The van der Waals surface area contributed by atoms with Gasteiger partial charge < -0.3 is 14.4 Å². The van der Waals surface area contributed by atoms with E-state index in [9.17, 15) is 18.3 Å². The number of nitrogens with zero attached hydrogens (tertiary/aromatic N) is 1. The zero-order valence-electron chi connectivity index (χ0n) is 21.1. The minimum Gasteiger partial charge on any atom is -0.544 e. The van der Waals surface area contributed by atoms with Gasteiger partial charge in [-0.1, -0.05) is 103 Å². The van der Waals surface area contributed by atoms with Crippen LogP contribution in [-0.2, 0) is 19.1 Å². The van der Waals surface area contributed by atoms with Crippen LogP contribution in [0, 0.1) is 0 Å². The highest BCUT2D eigenvalue weighted by Crippen LogP contribution is 2.13. The van der Waals surface area contributed by atoms with Crippen LogP contribution in [0.3, 0.4) is 0 Å². The number of carboxylic acid groups (broad SMARTS) is 1. The lowest BCUT2D eigenvalue weighted by Crippen LogP contribution is -2.45. The van der Waals surface area contributed by atoms with E-state index >= 15 is 0 Å². The molecule has 0 aliphatic carbocycles. The van der Waals surface area contributed by atoms with E-state index in [4.69, 9.17) is 4.18 Å². The molecule has 0 atom stereocenters. The van der Waals surface area contributed by atoms with Crippen molar-refractivity contribution in [2.45, 2.75) is 110 Å². The predicted molar refractivity (Wildman–Crippen MR) is 128 cm³/mol. The van der Waals surface area contributed by atoms with E-state index < -0.39 is 16.1 Å². The quantitative estimate of drug-likeness (QED) is 0.148. The summed E-state index contributed by atoms with van der Waals surface area (Å²) in [6, 6.07) is 0. The molecule has 0 fully saturated rings. The normalized spacial score (nSPS) is 11.8. The van der Waals surface area contributed by atoms with E-state index in [1.165, 1.54) is 89.9 Å². The van der Waals surface area contributed by atoms with Crippen LogP contribution in [0.15, 0.2) is 0 Å². The minimum absolute atomic E-state index is 0.0694. The number of rotatable bonds is 20. The van der Waals surface area contributed by atoms with Crippen molar-refractivity contribution in [3.8, 4) is 0 Å². The average molecular weight is 466 g/mol. The van der Waals surface area contributed by atoms with Crippen LogP contribution < -0.4 is 5.11 Å². The van der Waals surface area contributed by atoms with E-state index in [-0.39, 0.29) is 6.54 Å². The monoisotopic (exact) mass is 465 g/mol. The second-order valence-electron chi connectivity index (χ2n) is 9.65. The molecule has 0 amide bonds. The van der Waals surface area contributed by atoms with Crippen molar-refractivity contribution in [2.24, 2.45) is 0 Å². The lowest BCUT2D eigenvalue weighted by molar-refractivity contribution is -0.864. The molecule has 0 spiro atoms. The van der Waals surface area contributed by atoms with Gasteiger partial charge in [0.25, 0.3) is 10.1 Å². The molecule has 0 aromatic rings. The largest absolute Gasteiger partial charge is 0.544 e. The van der Waals surface area contributed by atoms with Crippen LogP contribution in [-0.4, -0.2) is 59.4 Å². The molecule has 0 N–H and O–H groups in total. The summed E-state index contributed by atoms with van der Waals surface area (Å²) in [6.07, 6.45) is 22.3. The summed E-state index contributed by atoms with van der Waals surface area (Å²) in [5, 5.41) is 9.89. The molecule has 0 saturated heterocycles. The van der Waals surface area contributed by atoms with E-state index in [1.54, 1.807) is 21.1 Å². The standard InChI is InChI=1S/C19H40O3S.C5H11NO2/c1-3-4-5-6-7-8-9-10-11-12-13-14-15-16-17-18-19-22-23(2,20)21;1-6(2,3)4-5(7)8/h3-19H2,1-2H3;4H2,1-3H3. The second-order valence-corrected chi connectivity index (χ2v) is 11.3. The van der Waals surface area contributed by atoms with Gasteiger partial charge in [-0.25, -0.2) is 0 Å². The Kier molecular flexibility index (Phi) is 22.2. The Morgan fingerprint density at radius 3 is 1.26 bits per heavy atom. The van der Waals surface area contributed by atoms with Crippen molar-refractivity contribution in [2.75, 3.05) is 40.6 Å². The van der Waals surface area contributed by atoms with Crippen LogP contribution >= 0.6 is 0 Å². The number of quaternary nitrogens is 1. The molecule has 0 rings (SSSR count). The number of aliphatic carboxylic acids is 1. The maximum atomic E-state index is 10.8. The molecule has 31 heavy (non-hydrogen) atoms. The zero-order valence-corrected chi connectivity index (χ0v) is 21.9. The fourth-order valence-corrected chi connectivity index (χ4v) is 3.67. The summed E-state index contributed by atoms with van der Waals surface area (Å²) in [7, 11) is 2.16. The summed E-state index contributed by atoms with van der Waals surface area (Å²) >= 11 is 0. The molecule has 188 valence electrons. The number of hydrogen-bond donors (Lipinski definition) is 0. The van der Waals surface area contributed by atoms with Gasteiger partial charge in [0.2, 0.25) is 0 Å². The van der Waals surface area contributed by atoms with Gasteiger partial charge in [-0.3, -0.25) is 4.18 Å². The van der Waals surface area contributed by atoms with Crippen molar-refractivity contribution >= 4 is 16.1 Å². The van der Waals surface area contributed by atoms with E-state index in [0.29, 0.717) is 11.1 Å². The van der Waals surface area contributed by atoms with Crippen LogP contribution in [0.25, 0.3) is 0 Å². The van der Waals surface area contributed by atoms with Gasteiger partial charge in [0.1, 0.15) is 6.54 Å². The topological polar surface area (TPSA) is 83.5 Å². The van der Waals surface area contributed by atoms with Gasteiger partial charge >= 0.3 is 0 Å². The summed E-state index contributed by atoms with van der Waals surface area (Å²) < 4.78 is 26.7. The first-order chi connectivity index (χ1) is 14.5. The van der Waals surface area contributed by atoms with Crippen LogP contribution in [0.4, 0.5) is 0 Å². The van der Waals surface area contributed by atoms with Gasteiger partial charge in [-0.2, -0.15) is 8.42 Å². The molecule has 0 radical (unpaired) electrons. The summed E-state index contributed by atoms with van der Waals surface area (Å²) in [6.45, 7) is 2.69. The SMILES string of the molecule is CCCCCCCCCCCCCCCCCCOS(C)(=O)=O.C[N+](C)(C)CC(=O)[O-]. The van der Waals surface area contributed by atoms with Crippen molar-refractivity contribution < 1.29 is 27.0 Å². The van der Waals surface area contributed by atoms with Crippen molar-refractivity contribution in [1.29, 1.82) is 0 Å². The van der Waals surface area contributed by atoms with Gasteiger partial charge in [-0.05, 0) is 6.42 Å². The maximum Gasteiger partial charge on any atom is 0.264 e. The van der Waals surface area contributed by atoms with Gasteiger partial charge in [0.05, 0.1) is 40.0 Å². The Balaban J connectivity index is 0. The van der Waals surface area contributed by atoms with Crippen LogP contribution in [0.2, 0.25) is 0 Å². The number of carbonyl (C=O) groups is 1. The molecule has 7 heteroatoms. The number of carboxylic acids is 1. The van der Waals surface area contributed by atoms with E-state index in [0.717, 1.165) is 19.1 Å². The number of hydrogen-bond acceptors (Lipinski definition) is 5. The molecule has 6 nitrogen and oxygen atoms in total. The molecule has 0 unspecified atom stereocenters. The van der Waals surface area contributed by atoms with Crippen LogP contribution in [0.1, 0.15) is 110 Å². The highest BCUT2D eigenvalue weighted by atomic mass is 32.2. The molecule has 0 heterocycles. The molecule has 0 aromatic carbocycles. The highest BCUT2D eigenvalue weighted by molar-refractivity contribution is 7.85. The Hall–Kier alpha value is -0.660. The lowest BCUT2D eigenvalue weighted by Gasteiger charge is -2.23. The molecule has 0 aliphatic heterocycles. The summed E-state index contributed by atoms with van der Waals surface area (Å²) in [5.74, 6) is -1.00. The molecule has 0 bridgehead atoms. The first-order valence-corrected chi connectivity index (χ1v) is 14.1. The Labute approximate surface area is 193 Å². The van der Waals surface area contributed by atoms with E-state index in [2.05, 4.69) is 6.92 Å². The van der Waals surface area contributed by atoms with Gasteiger partial charge in [0.15, 0.2) is 0 Å². The number of unbranched alkanes of at least 4 members (excludes halogenated alkanes) is 15. The third-order valence-electron chi connectivity index (χ3n) is 4.90. The Morgan fingerprint density at radius 2 is 1.03 bits per heavy atom. The molecular formula is C24H51NO5S. The first-order valence-electron chi connectivity index (χ1n) is 12.3. The van der Waals surface area contributed by atoms with Gasteiger partial charge in [-0.15, -0.1) is 0 Å². The summed E-state index contributed by atoms with van der Waals surface area (Å²) in [4.78, 5) is 9.89. The molecule has 0 saturated carbocycles. The average Bonchev–Trinajstić information content (AvgIpc) is 2.62. The third kappa shape index (κ3) is 37.0. The van der Waals surface area contributed by atoms with Gasteiger partial charge in [0, 0.05) is 0 Å². The fourth-order valence-electron chi connectivity index (χ4n) is 3.25. The maximum absolute atomic E-state index is 10.8. The fraction of sp³-hybridized carbons (Fsp3) is 0.958. The Morgan fingerprint density at radius 1 is 0.710 bits per heavy atom. The van der Waals surface area contributed by atoms with E-state index in [1.807, 2.05) is 0 Å². The second kappa shape index (κ2) is 21.2. The third-order valence-corrected chi connectivity index (χ3v) is 5.49. The Bertz CT molecular complexity index is 501. The molecular weight excluding hydrogens is 414 g/mol.